The number of phenolic OH excluding ortho intramolecular Hbond substituents is 1. The van der Waals surface area contributed by atoms with Crippen LogP contribution in [0.2, 0.25) is 0 Å². The van der Waals surface area contributed by atoms with Gasteiger partial charge in [-0.25, -0.2) is 0 Å². The monoisotopic (exact) mass is 140 g/mol. The smallest absolute Gasteiger partial charge is 0.115 e. The lowest BCUT2D eigenvalue weighted by molar-refractivity contribution is 0.475. The third kappa shape index (κ3) is 1.74. The fraction of sp³-hybridized carbons (Fsp3) is 0.250. The molecule has 1 aromatic carbocycles. The van der Waals surface area contributed by atoms with Crippen LogP contribution in [-0.4, -0.2) is 11.7 Å². The number of hydrogen-bond acceptors (Lipinski definition) is 2. The summed E-state index contributed by atoms with van der Waals surface area (Å²) < 4.78 is 22.2. The molecule has 1 aromatic rings. The van der Waals surface area contributed by atoms with Gasteiger partial charge in [0.2, 0.25) is 0 Å². The first-order valence-corrected chi connectivity index (χ1v) is 3.06. The van der Waals surface area contributed by atoms with Gasteiger partial charge in [0.1, 0.15) is 5.75 Å². The van der Waals surface area contributed by atoms with Crippen LogP contribution in [0.3, 0.4) is 0 Å². The van der Waals surface area contributed by atoms with E-state index in [2.05, 4.69) is 0 Å². The zero-order valence-electron chi connectivity index (χ0n) is 8.52. The summed E-state index contributed by atoms with van der Waals surface area (Å²) in [5.74, 6) is -0.323. The highest BCUT2D eigenvalue weighted by molar-refractivity contribution is 5.25. The van der Waals surface area contributed by atoms with E-state index in [0.717, 1.165) is 0 Å². The van der Waals surface area contributed by atoms with Crippen LogP contribution >= 0.6 is 0 Å². The number of phenols is 1. The zero-order valence-corrected chi connectivity index (χ0v) is 5.52. The molecule has 54 valence electrons. The topological polar surface area (TPSA) is 46.2 Å². The first-order valence-electron chi connectivity index (χ1n) is 4.56. The molecule has 0 atom stereocenters. The molecule has 1 rings (SSSR count). The quantitative estimate of drug-likeness (QED) is 0.641. The third-order valence-corrected chi connectivity index (χ3v) is 1.12. The lowest BCUT2D eigenvalue weighted by Crippen LogP contribution is -2.01. The van der Waals surface area contributed by atoms with Gasteiger partial charge in [-0.15, -0.1) is 0 Å². The molecule has 10 heavy (non-hydrogen) atoms. The van der Waals surface area contributed by atoms with Crippen molar-refractivity contribution in [3.05, 3.63) is 29.8 Å². The molecule has 3 N–H and O–H groups in total. The van der Waals surface area contributed by atoms with Crippen LogP contribution in [-0.2, 0) is 6.42 Å². The van der Waals surface area contributed by atoms with Crippen molar-refractivity contribution in [3.8, 4) is 5.75 Å². The Morgan fingerprint density at radius 3 is 3.00 bits per heavy atom. The Kier molecular flexibility index (Phi) is 1.28. The number of benzene rings is 1. The number of hydrogen-bond donors (Lipinski definition) is 2. The molecule has 2 nitrogen and oxygen atoms in total. The minimum atomic E-state index is -0.323. The molecule has 2 heteroatoms. The lowest BCUT2D eigenvalue weighted by atomic mass is 10.1. The average Bonchev–Trinajstić information content (AvgIpc) is 2.09. The summed E-state index contributed by atoms with van der Waals surface area (Å²) in [6, 6.07) is 0.907. The second-order valence-electron chi connectivity index (χ2n) is 1.94. The van der Waals surface area contributed by atoms with Crippen LogP contribution in [0.4, 0.5) is 0 Å². The molecular formula is C8H11NO. The van der Waals surface area contributed by atoms with Gasteiger partial charge in [-0.05, 0) is 30.6 Å². The van der Waals surface area contributed by atoms with Crippen LogP contribution < -0.4 is 5.73 Å². The Labute approximate surface area is 64.5 Å². The summed E-state index contributed by atoms with van der Waals surface area (Å²) in [4.78, 5) is 0. The number of nitrogens with two attached hydrogens (primary N) is 1. The molecule has 0 saturated heterocycles. The molecule has 0 unspecified atom stereocenters. The van der Waals surface area contributed by atoms with E-state index in [1.54, 1.807) is 0 Å². The van der Waals surface area contributed by atoms with E-state index >= 15 is 0 Å². The van der Waals surface area contributed by atoms with Gasteiger partial charge in [-0.2, -0.15) is 0 Å². The van der Waals surface area contributed by atoms with E-state index in [-0.39, 0.29) is 23.9 Å². The van der Waals surface area contributed by atoms with E-state index in [1.165, 1.54) is 6.07 Å². The van der Waals surface area contributed by atoms with Gasteiger partial charge in [0.05, 0.1) is 4.11 Å². The largest absolute Gasteiger partial charge is 0.508 e. The standard InChI is InChI=1S/C8H11NO/c9-6-5-7-1-3-8(10)4-2-7/h1-4,10H,5-6,9H2/i1D,2D,3D. The van der Waals surface area contributed by atoms with Crippen molar-refractivity contribution in [1.29, 1.82) is 0 Å². The van der Waals surface area contributed by atoms with Crippen LogP contribution in [0, 0.1) is 0 Å². The Bertz CT molecular complexity index is 328. The van der Waals surface area contributed by atoms with E-state index < -0.39 is 0 Å². The summed E-state index contributed by atoms with van der Waals surface area (Å²) in [7, 11) is 0. The minimum absolute atomic E-state index is 0.0731. The first-order chi connectivity index (χ1) is 6.07. The lowest BCUT2D eigenvalue weighted by Gasteiger charge is -1.96. The maximum atomic E-state index is 9.11. The number of aromatic hydroxyl groups is 1. The third-order valence-electron chi connectivity index (χ3n) is 1.12. The summed E-state index contributed by atoms with van der Waals surface area (Å²) >= 11 is 0. The molecule has 0 aromatic heterocycles. The fourth-order valence-electron chi connectivity index (χ4n) is 0.646. The summed E-state index contributed by atoms with van der Waals surface area (Å²) in [6.45, 7) is 0.335. The van der Waals surface area contributed by atoms with Crippen molar-refractivity contribution in [1.82, 2.24) is 0 Å². The second kappa shape index (κ2) is 3.22. The van der Waals surface area contributed by atoms with Crippen LogP contribution in [0.5, 0.6) is 5.75 Å². The highest BCUT2D eigenvalue weighted by Crippen LogP contribution is 2.09. The SMILES string of the molecule is [2H]c1cc(O)c([2H])c([2H])c1CCN. The molecule has 0 fully saturated rings. The molecule has 0 radical (unpaired) electrons. The molecule has 0 aliphatic carbocycles. The second-order valence-corrected chi connectivity index (χ2v) is 1.94. The predicted molar refractivity (Wildman–Crippen MR) is 40.9 cm³/mol. The van der Waals surface area contributed by atoms with Crippen LogP contribution in [0.25, 0.3) is 0 Å². The predicted octanol–water partition coefficient (Wildman–Crippen LogP) is 0.893. The zero-order chi connectivity index (χ0) is 10.0. The van der Waals surface area contributed by atoms with Crippen LogP contribution in [0.1, 0.15) is 9.68 Å². The Morgan fingerprint density at radius 2 is 2.30 bits per heavy atom. The van der Waals surface area contributed by atoms with Crippen LogP contribution in [0.15, 0.2) is 24.2 Å². The maximum absolute atomic E-state index is 9.11. The van der Waals surface area contributed by atoms with Crippen molar-refractivity contribution in [3.63, 3.8) is 0 Å². The normalized spacial score (nSPS) is 13.9. The Morgan fingerprint density at radius 1 is 1.50 bits per heavy atom. The first kappa shape index (κ1) is 3.98. The average molecular weight is 140 g/mol. The molecule has 0 amide bonds. The molecule has 0 aliphatic rings. The van der Waals surface area contributed by atoms with Gasteiger partial charge in [-0.1, -0.05) is 12.1 Å². The minimum Gasteiger partial charge on any atom is -0.508 e. The van der Waals surface area contributed by atoms with Crippen molar-refractivity contribution in [2.75, 3.05) is 6.54 Å². The van der Waals surface area contributed by atoms with E-state index in [0.29, 0.717) is 18.5 Å². The Balaban J connectivity index is 3.26. The van der Waals surface area contributed by atoms with Gasteiger partial charge in [0.15, 0.2) is 0 Å². The molecule has 0 bridgehead atoms. The van der Waals surface area contributed by atoms with Gasteiger partial charge < -0.3 is 10.8 Å². The molecule has 0 heterocycles. The van der Waals surface area contributed by atoms with Crippen molar-refractivity contribution in [2.45, 2.75) is 6.42 Å². The maximum Gasteiger partial charge on any atom is 0.115 e. The van der Waals surface area contributed by atoms with Crippen molar-refractivity contribution in [2.24, 2.45) is 5.73 Å². The van der Waals surface area contributed by atoms with E-state index in [4.69, 9.17) is 15.0 Å². The fourth-order valence-corrected chi connectivity index (χ4v) is 0.646. The summed E-state index contributed by atoms with van der Waals surface area (Å²) in [5.41, 5.74) is 5.72. The van der Waals surface area contributed by atoms with Crippen molar-refractivity contribution >= 4 is 0 Å². The van der Waals surface area contributed by atoms with E-state index in [9.17, 15) is 0 Å². The van der Waals surface area contributed by atoms with Crippen molar-refractivity contribution < 1.29 is 9.22 Å². The number of rotatable bonds is 2. The highest BCUT2D eigenvalue weighted by atomic mass is 16.3. The highest BCUT2D eigenvalue weighted by Gasteiger charge is 1.89. The summed E-state index contributed by atoms with van der Waals surface area (Å²) in [6.07, 6.45) is 0.393. The van der Waals surface area contributed by atoms with Gasteiger partial charge in [-0.3, -0.25) is 0 Å². The Hall–Kier alpha value is -1.02. The molecular weight excluding hydrogens is 126 g/mol. The molecule has 0 aliphatic heterocycles. The van der Waals surface area contributed by atoms with Gasteiger partial charge in [0.25, 0.3) is 0 Å². The summed E-state index contributed by atoms with van der Waals surface area (Å²) in [5, 5.41) is 9.11. The van der Waals surface area contributed by atoms with Gasteiger partial charge >= 0.3 is 0 Å². The molecule has 0 saturated carbocycles. The molecule has 0 spiro atoms. The van der Waals surface area contributed by atoms with Gasteiger partial charge in [0, 0.05) is 0 Å². The van der Waals surface area contributed by atoms with E-state index in [1.807, 2.05) is 0 Å².